The van der Waals surface area contributed by atoms with Crippen LogP contribution in [0.3, 0.4) is 0 Å². The third-order valence-electron chi connectivity index (χ3n) is 5.25. The number of sulfonamides is 1. The quantitative estimate of drug-likeness (QED) is 0.835. The van der Waals surface area contributed by atoms with E-state index in [9.17, 15) is 13.2 Å². The lowest BCUT2D eigenvalue weighted by Crippen LogP contribution is -2.55. The lowest BCUT2D eigenvalue weighted by atomic mass is 9.95. The number of nitrogens with one attached hydrogen (secondary N) is 1. The summed E-state index contributed by atoms with van der Waals surface area (Å²) in [6, 6.07) is 7.15. The maximum absolute atomic E-state index is 12.8. The van der Waals surface area contributed by atoms with Crippen molar-refractivity contribution in [1.82, 2.24) is 14.5 Å². The Morgan fingerprint density at radius 3 is 2.31 bits per heavy atom. The number of amides is 1. The average molecular weight is 402 g/mol. The number of carbonyl (C=O) groups is 1. The van der Waals surface area contributed by atoms with Crippen LogP contribution in [-0.2, 0) is 14.8 Å². The largest absolute Gasteiger partial charge is 0.337 e. The molecular weight excluding hydrogens is 374 g/mol. The van der Waals surface area contributed by atoms with E-state index >= 15 is 0 Å². The zero-order valence-electron chi connectivity index (χ0n) is 15.3. The van der Waals surface area contributed by atoms with Crippen LogP contribution in [0.1, 0.15) is 25.3 Å². The standard InChI is InChI=1S/C18H27N3O3S.ClH/c1-14-3-5-17(6-4-14)25(23,24)20-10-7-16(8-11-20)18(22)21-12-9-19-13-15(21)2;/h3-6,15-16,19H,7-13H2,1-2H3;1H/t15-;/m1./s1. The van der Waals surface area contributed by atoms with Crippen LogP contribution in [0.5, 0.6) is 0 Å². The van der Waals surface area contributed by atoms with Crippen molar-refractivity contribution in [2.24, 2.45) is 5.92 Å². The van der Waals surface area contributed by atoms with E-state index < -0.39 is 10.0 Å². The minimum absolute atomic E-state index is 0. The molecule has 2 aliphatic heterocycles. The fraction of sp³-hybridized carbons (Fsp3) is 0.611. The normalized spacial score (nSPS) is 22.7. The van der Waals surface area contributed by atoms with E-state index in [1.54, 1.807) is 12.1 Å². The highest BCUT2D eigenvalue weighted by Gasteiger charge is 2.35. The molecule has 2 heterocycles. The zero-order chi connectivity index (χ0) is 18.0. The highest BCUT2D eigenvalue weighted by Crippen LogP contribution is 2.26. The van der Waals surface area contributed by atoms with E-state index in [2.05, 4.69) is 12.2 Å². The highest BCUT2D eigenvalue weighted by atomic mass is 35.5. The molecule has 6 nitrogen and oxygen atoms in total. The molecule has 8 heteroatoms. The first-order chi connectivity index (χ1) is 11.9. The summed E-state index contributed by atoms with van der Waals surface area (Å²) in [5.74, 6) is 0.117. The van der Waals surface area contributed by atoms with Gasteiger partial charge in [-0.2, -0.15) is 4.31 Å². The van der Waals surface area contributed by atoms with Gasteiger partial charge in [-0.25, -0.2) is 8.42 Å². The third kappa shape index (κ3) is 4.39. The molecule has 0 spiro atoms. The van der Waals surface area contributed by atoms with Gasteiger partial charge in [-0.3, -0.25) is 4.79 Å². The van der Waals surface area contributed by atoms with Crippen molar-refractivity contribution < 1.29 is 13.2 Å². The second-order valence-corrected chi connectivity index (χ2v) is 9.01. The minimum Gasteiger partial charge on any atom is -0.337 e. The first kappa shape index (κ1) is 21.2. The number of benzene rings is 1. The number of hydrogen-bond acceptors (Lipinski definition) is 4. The van der Waals surface area contributed by atoms with Crippen molar-refractivity contribution in [3.63, 3.8) is 0 Å². The number of aryl methyl sites for hydroxylation is 1. The van der Waals surface area contributed by atoms with Crippen molar-refractivity contribution >= 4 is 28.3 Å². The number of piperidine rings is 1. The summed E-state index contributed by atoms with van der Waals surface area (Å²) < 4.78 is 27.0. The fourth-order valence-corrected chi connectivity index (χ4v) is 5.08. The summed E-state index contributed by atoms with van der Waals surface area (Å²) >= 11 is 0. The second kappa shape index (κ2) is 8.69. The van der Waals surface area contributed by atoms with E-state index in [0.717, 1.165) is 25.2 Å². The van der Waals surface area contributed by atoms with Gasteiger partial charge in [0, 0.05) is 44.7 Å². The second-order valence-electron chi connectivity index (χ2n) is 7.08. The van der Waals surface area contributed by atoms with E-state index in [0.29, 0.717) is 30.8 Å². The SMILES string of the molecule is Cc1ccc(S(=O)(=O)N2CCC(C(=O)N3CCNC[C@H]3C)CC2)cc1.Cl. The lowest BCUT2D eigenvalue weighted by Gasteiger charge is -2.38. The van der Waals surface area contributed by atoms with Gasteiger partial charge in [0.15, 0.2) is 0 Å². The summed E-state index contributed by atoms with van der Waals surface area (Å²) in [6.07, 6.45) is 1.20. The van der Waals surface area contributed by atoms with Crippen molar-refractivity contribution in [1.29, 1.82) is 0 Å². The van der Waals surface area contributed by atoms with Gasteiger partial charge in [-0.15, -0.1) is 12.4 Å². The Labute approximate surface area is 162 Å². The number of piperazine rings is 1. The van der Waals surface area contributed by atoms with Crippen LogP contribution in [0.25, 0.3) is 0 Å². The van der Waals surface area contributed by atoms with Gasteiger partial charge in [0.1, 0.15) is 0 Å². The van der Waals surface area contributed by atoms with E-state index in [4.69, 9.17) is 0 Å². The van der Waals surface area contributed by atoms with E-state index in [1.165, 1.54) is 4.31 Å². The molecule has 3 rings (SSSR count). The van der Waals surface area contributed by atoms with Crippen LogP contribution >= 0.6 is 12.4 Å². The third-order valence-corrected chi connectivity index (χ3v) is 7.16. The molecule has 26 heavy (non-hydrogen) atoms. The lowest BCUT2D eigenvalue weighted by molar-refractivity contribution is -0.139. The molecule has 2 aliphatic rings. The van der Waals surface area contributed by atoms with Crippen LogP contribution in [0.2, 0.25) is 0 Å². The van der Waals surface area contributed by atoms with Crippen LogP contribution in [0, 0.1) is 12.8 Å². The molecule has 0 bridgehead atoms. The molecule has 0 aromatic heterocycles. The highest BCUT2D eigenvalue weighted by molar-refractivity contribution is 7.89. The van der Waals surface area contributed by atoms with Crippen molar-refractivity contribution in [3.8, 4) is 0 Å². The van der Waals surface area contributed by atoms with Crippen LogP contribution < -0.4 is 5.32 Å². The summed E-state index contributed by atoms with van der Waals surface area (Å²) in [7, 11) is -3.47. The van der Waals surface area contributed by atoms with E-state index in [1.807, 2.05) is 24.0 Å². The molecule has 0 aliphatic carbocycles. The number of halogens is 1. The van der Waals surface area contributed by atoms with Crippen molar-refractivity contribution in [2.45, 2.75) is 37.6 Å². The molecule has 1 aromatic rings. The number of carbonyl (C=O) groups excluding carboxylic acids is 1. The van der Waals surface area contributed by atoms with Crippen LogP contribution in [0.4, 0.5) is 0 Å². The molecule has 1 aromatic carbocycles. The molecule has 1 N–H and O–H groups in total. The Hall–Kier alpha value is -1.15. The number of nitrogens with zero attached hydrogens (tertiary/aromatic N) is 2. The van der Waals surface area contributed by atoms with Gasteiger partial charge in [-0.1, -0.05) is 17.7 Å². The molecule has 2 fully saturated rings. The molecular formula is C18H28ClN3O3S. The summed E-state index contributed by atoms with van der Waals surface area (Å²) in [5.41, 5.74) is 1.04. The Bertz CT molecular complexity index is 716. The number of rotatable bonds is 3. The Morgan fingerprint density at radius 2 is 1.73 bits per heavy atom. The van der Waals surface area contributed by atoms with Crippen molar-refractivity contribution in [3.05, 3.63) is 29.8 Å². The van der Waals surface area contributed by atoms with Gasteiger partial charge >= 0.3 is 0 Å². The molecule has 0 unspecified atom stereocenters. The number of hydrogen-bond donors (Lipinski definition) is 1. The Kier molecular flexibility index (Phi) is 7.07. The van der Waals surface area contributed by atoms with Gasteiger partial charge in [0.05, 0.1) is 4.90 Å². The predicted molar refractivity (Wildman–Crippen MR) is 104 cm³/mol. The summed E-state index contributed by atoms with van der Waals surface area (Å²) in [4.78, 5) is 15.0. The maximum Gasteiger partial charge on any atom is 0.243 e. The average Bonchev–Trinajstić information content (AvgIpc) is 2.62. The predicted octanol–water partition coefficient (Wildman–Crippen LogP) is 1.64. The van der Waals surface area contributed by atoms with E-state index in [-0.39, 0.29) is 30.3 Å². The van der Waals surface area contributed by atoms with Gasteiger partial charge in [-0.05, 0) is 38.8 Å². The topological polar surface area (TPSA) is 69.7 Å². The molecule has 146 valence electrons. The first-order valence-electron chi connectivity index (χ1n) is 8.97. The monoisotopic (exact) mass is 401 g/mol. The Morgan fingerprint density at radius 1 is 1.12 bits per heavy atom. The molecule has 1 amide bonds. The van der Waals surface area contributed by atoms with Crippen molar-refractivity contribution in [2.75, 3.05) is 32.7 Å². The summed E-state index contributed by atoms with van der Waals surface area (Å²) in [5, 5.41) is 3.29. The van der Waals surface area contributed by atoms with Gasteiger partial charge in [0.2, 0.25) is 15.9 Å². The van der Waals surface area contributed by atoms with Gasteiger partial charge < -0.3 is 10.2 Å². The fourth-order valence-electron chi connectivity index (χ4n) is 3.61. The molecule has 1 atom stereocenters. The van der Waals surface area contributed by atoms with Crippen LogP contribution in [0.15, 0.2) is 29.2 Å². The molecule has 0 radical (unpaired) electrons. The Balaban J connectivity index is 0.00000243. The molecule has 2 saturated heterocycles. The summed E-state index contributed by atoms with van der Waals surface area (Å²) in [6.45, 7) is 7.21. The zero-order valence-corrected chi connectivity index (χ0v) is 17.0. The maximum atomic E-state index is 12.8. The van der Waals surface area contributed by atoms with Crippen LogP contribution in [-0.4, -0.2) is 62.3 Å². The minimum atomic E-state index is -3.47. The molecule has 0 saturated carbocycles. The smallest absolute Gasteiger partial charge is 0.243 e. The first-order valence-corrected chi connectivity index (χ1v) is 10.4. The van der Waals surface area contributed by atoms with Gasteiger partial charge in [0.25, 0.3) is 0 Å².